The smallest absolute Gasteiger partial charge is 0.423 e. The van der Waals surface area contributed by atoms with Gasteiger partial charge in [-0.15, -0.1) is 0 Å². The van der Waals surface area contributed by atoms with Crippen LogP contribution in [0.5, 0.6) is 0 Å². The summed E-state index contributed by atoms with van der Waals surface area (Å²) >= 11 is 0. The third kappa shape index (κ3) is 1.38. The molecule has 0 aliphatic heterocycles. The highest BCUT2D eigenvalue weighted by Gasteiger charge is 2.18. The first-order valence-corrected chi connectivity index (χ1v) is 5.52. The molecule has 0 unspecified atom stereocenters. The molecular formula is C13H12BNO2. The molecule has 2 aromatic carbocycles. The summed E-state index contributed by atoms with van der Waals surface area (Å²) < 4.78 is 2.00. The number of aromatic nitrogens is 1. The van der Waals surface area contributed by atoms with Crippen molar-refractivity contribution in [3.05, 3.63) is 42.5 Å². The molecule has 0 amide bonds. The summed E-state index contributed by atoms with van der Waals surface area (Å²) in [6.45, 7) is 0. The van der Waals surface area contributed by atoms with Gasteiger partial charge in [0.25, 0.3) is 0 Å². The molecule has 0 atom stereocenters. The van der Waals surface area contributed by atoms with Gasteiger partial charge in [-0.2, -0.15) is 0 Å². The Morgan fingerprint density at radius 1 is 0.941 bits per heavy atom. The topological polar surface area (TPSA) is 45.4 Å². The standard InChI is InChI=1S/C13H12BNO2/c1-15-12-8-3-2-5-9(12)10-6-4-7-11(13(10)15)14(16)17/h2-8,16-17H,1H3. The average molecular weight is 225 g/mol. The fraction of sp³-hybridized carbons (Fsp3) is 0.0769. The van der Waals surface area contributed by atoms with Crippen LogP contribution in [0.4, 0.5) is 0 Å². The lowest BCUT2D eigenvalue weighted by Crippen LogP contribution is -2.31. The van der Waals surface area contributed by atoms with E-state index in [1.165, 1.54) is 0 Å². The monoisotopic (exact) mass is 225 g/mol. The molecular weight excluding hydrogens is 213 g/mol. The number of para-hydroxylation sites is 2. The van der Waals surface area contributed by atoms with Gasteiger partial charge in [0.2, 0.25) is 0 Å². The summed E-state index contributed by atoms with van der Waals surface area (Å²) in [6.07, 6.45) is 0. The first-order valence-electron chi connectivity index (χ1n) is 5.52. The van der Waals surface area contributed by atoms with E-state index in [1.54, 1.807) is 6.07 Å². The van der Waals surface area contributed by atoms with E-state index in [1.807, 2.05) is 48.0 Å². The minimum atomic E-state index is -1.44. The molecule has 4 heteroatoms. The van der Waals surface area contributed by atoms with Crippen molar-refractivity contribution in [1.29, 1.82) is 0 Å². The van der Waals surface area contributed by atoms with Gasteiger partial charge in [0.15, 0.2) is 0 Å². The first-order chi connectivity index (χ1) is 8.20. The van der Waals surface area contributed by atoms with E-state index in [9.17, 15) is 10.0 Å². The van der Waals surface area contributed by atoms with Gasteiger partial charge in [-0.05, 0) is 6.07 Å². The summed E-state index contributed by atoms with van der Waals surface area (Å²) in [5, 5.41) is 21.0. The van der Waals surface area contributed by atoms with Gasteiger partial charge < -0.3 is 14.6 Å². The highest BCUT2D eigenvalue weighted by molar-refractivity contribution is 6.62. The molecule has 0 fully saturated rings. The Morgan fingerprint density at radius 3 is 2.41 bits per heavy atom. The van der Waals surface area contributed by atoms with E-state index < -0.39 is 7.12 Å². The maximum atomic E-state index is 9.41. The van der Waals surface area contributed by atoms with Crippen LogP contribution in [0.3, 0.4) is 0 Å². The van der Waals surface area contributed by atoms with Crippen LogP contribution in [0.2, 0.25) is 0 Å². The SMILES string of the molecule is Cn1c2ccccc2c2cccc(B(O)O)c21. The second-order valence-corrected chi connectivity index (χ2v) is 4.19. The Balaban J connectivity index is 2.57. The highest BCUT2D eigenvalue weighted by atomic mass is 16.4. The lowest BCUT2D eigenvalue weighted by Gasteiger charge is -2.04. The summed E-state index contributed by atoms with van der Waals surface area (Å²) in [6, 6.07) is 13.6. The second-order valence-electron chi connectivity index (χ2n) is 4.19. The molecule has 3 rings (SSSR count). The molecule has 0 aliphatic rings. The third-order valence-electron chi connectivity index (χ3n) is 3.24. The van der Waals surface area contributed by atoms with Crippen molar-refractivity contribution < 1.29 is 10.0 Å². The Kier molecular flexibility index (Phi) is 2.21. The highest BCUT2D eigenvalue weighted by Crippen LogP contribution is 2.26. The molecule has 1 aromatic heterocycles. The summed E-state index contributed by atoms with van der Waals surface area (Å²) in [4.78, 5) is 0. The van der Waals surface area contributed by atoms with E-state index in [2.05, 4.69) is 0 Å². The van der Waals surface area contributed by atoms with Crippen LogP contribution in [-0.2, 0) is 7.05 Å². The van der Waals surface area contributed by atoms with Crippen molar-refractivity contribution in [3.8, 4) is 0 Å². The molecule has 3 aromatic rings. The molecule has 0 saturated heterocycles. The van der Waals surface area contributed by atoms with Gasteiger partial charge in [-0.1, -0.05) is 36.4 Å². The number of nitrogens with zero attached hydrogens (tertiary/aromatic N) is 1. The van der Waals surface area contributed by atoms with Crippen molar-refractivity contribution >= 4 is 34.4 Å². The lowest BCUT2D eigenvalue weighted by atomic mass is 9.79. The van der Waals surface area contributed by atoms with Crippen molar-refractivity contribution in [2.24, 2.45) is 7.05 Å². The largest absolute Gasteiger partial charge is 0.490 e. The lowest BCUT2D eigenvalue weighted by molar-refractivity contribution is 0.426. The molecule has 3 nitrogen and oxygen atoms in total. The van der Waals surface area contributed by atoms with Crippen LogP contribution >= 0.6 is 0 Å². The zero-order valence-electron chi connectivity index (χ0n) is 9.46. The normalized spacial score (nSPS) is 11.2. The van der Waals surface area contributed by atoms with Crippen LogP contribution < -0.4 is 5.46 Å². The summed E-state index contributed by atoms with van der Waals surface area (Å²) in [7, 11) is 0.498. The molecule has 0 spiro atoms. The molecule has 0 saturated carbocycles. The van der Waals surface area contributed by atoms with Gasteiger partial charge in [-0.25, -0.2) is 0 Å². The van der Waals surface area contributed by atoms with E-state index in [-0.39, 0.29) is 0 Å². The Bertz CT molecular complexity index is 703. The minimum absolute atomic E-state index is 0.543. The van der Waals surface area contributed by atoms with E-state index in [0.717, 1.165) is 21.8 Å². The number of benzene rings is 2. The number of hydrogen-bond acceptors (Lipinski definition) is 2. The van der Waals surface area contributed by atoms with E-state index in [4.69, 9.17) is 0 Å². The fourth-order valence-electron chi connectivity index (χ4n) is 2.48. The van der Waals surface area contributed by atoms with Gasteiger partial charge in [-0.3, -0.25) is 0 Å². The van der Waals surface area contributed by atoms with Gasteiger partial charge in [0.1, 0.15) is 0 Å². The Labute approximate surface area is 99.1 Å². The Morgan fingerprint density at radius 2 is 1.65 bits per heavy atom. The Hall–Kier alpha value is -1.78. The number of rotatable bonds is 1. The van der Waals surface area contributed by atoms with E-state index >= 15 is 0 Å². The van der Waals surface area contributed by atoms with Crippen molar-refractivity contribution in [2.75, 3.05) is 0 Å². The van der Waals surface area contributed by atoms with Crippen LogP contribution in [-0.4, -0.2) is 21.7 Å². The number of fused-ring (bicyclic) bond motifs is 3. The van der Waals surface area contributed by atoms with Gasteiger partial charge >= 0.3 is 7.12 Å². The minimum Gasteiger partial charge on any atom is -0.423 e. The second kappa shape index (κ2) is 3.62. The van der Waals surface area contributed by atoms with Crippen LogP contribution in [0.1, 0.15) is 0 Å². The molecule has 0 aliphatic carbocycles. The predicted octanol–water partition coefficient (Wildman–Crippen LogP) is 1.01. The van der Waals surface area contributed by atoms with Crippen molar-refractivity contribution in [3.63, 3.8) is 0 Å². The van der Waals surface area contributed by atoms with Crippen LogP contribution in [0.15, 0.2) is 42.5 Å². The van der Waals surface area contributed by atoms with Crippen LogP contribution in [0, 0.1) is 0 Å². The van der Waals surface area contributed by atoms with Crippen LogP contribution in [0.25, 0.3) is 21.8 Å². The molecule has 84 valence electrons. The summed E-state index contributed by atoms with van der Waals surface area (Å²) in [5.41, 5.74) is 2.51. The maximum absolute atomic E-state index is 9.41. The third-order valence-corrected chi connectivity index (χ3v) is 3.24. The van der Waals surface area contributed by atoms with Crippen molar-refractivity contribution in [1.82, 2.24) is 4.57 Å². The molecule has 17 heavy (non-hydrogen) atoms. The zero-order chi connectivity index (χ0) is 12.0. The first kappa shape index (κ1) is 10.4. The number of aryl methyl sites for hydroxylation is 1. The molecule has 0 bridgehead atoms. The fourth-order valence-corrected chi connectivity index (χ4v) is 2.48. The van der Waals surface area contributed by atoms with Gasteiger partial charge in [0.05, 0.1) is 0 Å². The maximum Gasteiger partial charge on any atom is 0.490 e. The molecule has 2 N–H and O–H groups in total. The molecule has 0 radical (unpaired) electrons. The zero-order valence-corrected chi connectivity index (χ0v) is 9.46. The van der Waals surface area contributed by atoms with Crippen molar-refractivity contribution in [2.45, 2.75) is 0 Å². The van der Waals surface area contributed by atoms with Gasteiger partial charge in [0, 0.05) is 34.3 Å². The number of hydrogen-bond donors (Lipinski definition) is 2. The molecule has 1 heterocycles. The predicted molar refractivity (Wildman–Crippen MR) is 70.3 cm³/mol. The average Bonchev–Trinajstić information content (AvgIpc) is 2.64. The quantitative estimate of drug-likeness (QED) is 0.607. The summed E-state index contributed by atoms with van der Waals surface area (Å²) in [5.74, 6) is 0. The van der Waals surface area contributed by atoms with E-state index in [0.29, 0.717) is 5.46 Å².